The van der Waals surface area contributed by atoms with Gasteiger partial charge in [0.05, 0.1) is 41.1 Å². The maximum atomic E-state index is 14.1. The summed E-state index contributed by atoms with van der Waals surface area (Å²) in [6, 6.07) is 21.8. The number of nitrogens with zero attached hydrogens (tertiary/aromatic N) is 3. The van der Waals surface area contributed by atoms with Crippen molar-refractivity contribution in [3.8, 4) is 5.75 Å². The molecule has 3 heterocycles. The zero-order valence-electron chi connectivity index (χ0n) is 29.3. The number of hydrogen-bond donors (Lipinski definition) is 0. The minimum absolute atomic E-state index is 0.0696. The second-order valence-electron chi connectivity index (χ2n) is 14.1. The van der Waals surface area contributed by atoms with Gasteiger partial charge in [-0.1, -0.05) is 62.4 Å². The molecule has 0 bridgehead atoms. The SMILES string of the molecule is CC(C)CN(C[C@H]1OC(C)(C)N(C(=O)O[C@H]2COC3OCCC32)[C@H]1Cc1ccc(OCc2ccccc2)cc1)S(=O)(=O)c1cccc([N+](=O)[O-])c1. The number of carbonyl (C=O) groups is 1. The van der Waals surface area contributed by atoms with E-state index < -0.39 is 51.3 Å². The number of nitro benzene ring substituents is 1. The van der Waals surface area contributed by atoms with Crippen LogP contribution in [0.3, 0.4) is 0 Å². The molecule has 5 atom stereocenters. The average Bonchev–Trinajstić information content (AvgIpc) is 3.78. The van der Waals surface area contributed by atoms with E-state index in [0.717, 1.165) is 17.2 Å². The summed E-state index contributed by atoms with van der Waals surface area (Å²) in [5.41, 5.74) is 0.418. The highest BCUT2D eigenvalue weighted by Crippen LogP contribution is 2.39. The van der Waals surface area contributed by atoms with E-state index in [2.05, 4.69) is 0 Å². The fraction of sp³-hybridized carbons (Fsp3) is 0.486. The number of ether oxygens (including phenoxy) is 5. The summed E-state index contributed by atoms with van der Waals surface area (Å²) in [6.45, 7) is 8.48. The molecule has 3 aliphatic rings. The first kappa shape index (κ1) is 36.7. The van der Waals surface area contributed by atoms with Crippen LogP contribution >= 0.6 is 0 Å². The predicted molar refractivity (Wildman–Crippen MR) is 186 cm³/mol. The topological polar surface area (TPSA) is 147 Å². The minimum Gasteiger partial charge on any atom is -0.489 e. The molecule has 0 radical (unpaired) electrons. The third kappa shape index (κ3) is 8.36. The van der Waals surface area contributed by atoms with Crippen LogP contribution in [-0.4, -0.2) is 85.2 Å². The van der Waals surface area contributed by atoms with E-state index >= 15 is 0 Å². The van der Waals surface area contributed by atoms with Crippen molar-refractivity contribution < 1.29 is 41.8 Å². The first-order valence-electron chi connectivity index (χ1n) is 17.2. The normalized spacial score (nSPS) is 24.2. The molecule has 3 aliphatic heterocycles. The molecule has 0 saturated carbocycles. The zero-order chi connectivity index (χ0) is 36.3. The Bertz CT molecular complexity index is 1790. The van der Waals surface area contributed by atoms with Gasteiger partial charge in [-0.3, -0.25) is 15.0 Å². The molecule has 0 N–H and O–H groups in total. The van der Waals surface area contributed by atoms with Gasteiger partial charge < -0.3 is 23.7 Å². The molecule has 3 aromatic rings. The van der Waals surface area contributed by atoms with Crippen LogP contribution in [0.1, 0.15) is 45.2 Å². The van der Waals surface area contributed by atoms with E-state index in [1.807, 2.05) is 68.4 Å². The van der Waals surface area contributed by atoms with Gasteiger partial charge in [0.15, 0.2) is 6.29 Å². The third-order valence-electron chi connectivity index (χ3n) is 9.45. The van der Waals surface area contributed by atoms with Gasteiger partial charge in [0.1, 0.15) is 24.2 Å². The number of benzene rings is 3. The Labute approximate surface area is 298 Å². The molecule has 3 aromatic carbocycles. The summed E-state index contributed by atoms with van der Waals surface area (Å²) < 4.78 is 59.5. The maximum Gasteiger partial charge on any atom is 0.412 e. The molecule has 6 rings (SSSR count). The summed E-state index contributed by atoms with van der Waals surface area (Å²) in [5.74, 6) is 0.527. The second kappa shape index (κ2) is 15.3. The summed E-state index contributed by atoms with van der Waals surface area (Å²) in [7, 11) is -4.21. The number of nitro groups is 1. The van der Waals surface area contributed by atoms with Gasteiger partial charge in [-0.05, 0) is 61.9 Å². The highest BCUT2D eigenvalue weighted by atomic mass is 32.2. The number of sulfonamides is 1. The van der Waals surface area contributed by atoms with Crippen molar-refractivity contribution in [1.29, 1.82) is 0 Å². The Morgan fingerprint density at radius 3 is 2.49 bits per heavy atom. The Morgan fingerprint density at radius 1 is 1.04 bits per heavy atom. The molecule has 14 heteroatoms. The number of hydrogen-bond acceptors (Lipinski definition) is 10. The van der Waals surface area contributed by atoms with E-state index in [0.29, 0.717) is 31.8 Å². The summed E-state index contributed by atoms with van der Waals surface area (Å²) in [4.78, 5) is 26.4. The highest BCUT2D eigenvalue weighted by molar-refractivity contribution is 7.89. The van der Waals surface area contributed by atoms with Crippen LogP contribution in [0.4, 0.5) is 10.5 Å². The lowest BCUT2D eigenvalue weighted by Crippen LogP contribution is -2.51. The van der Waals surface area contributed by atoms with Crippen LogP contribution < -0.4 is 4.74 Å². The van der Waals surface area contributed by atoms with Crippen molar-refractivity contribution in [2.24, 2.45) is 11.8 Å². The van der Waals surface area contributed by atoms with E-state index in [4.69, 9.17) is 23.7 Å². The standard InChI is InChI=1S/C37H45N3O10S/c1-25(2)21-38(51(44,45)30-12-8-11-28(20-30)40(42)43)22-33-32(19-26-13-15-29(16-14-26)47-23-27-9-6-5-7-10-27)39(37(3,4)50-33)36(41)49-34-24-48-35-31(34)17-18-46-35/h5-16,20,25,31-35H,17-19,21-24H2,1-4H3/t31?,32-,33+,34-,35?/m0/s1. The molecule has 3 saturated heterocycles. The van der Waals surface area contributed by atoms with E-state index in [9.17, 15) is 23.3 Å². The summed E-state index contributed by atoms with van der Waals surface area (Å²) >= 11 is 0. The van der Waals surface area contributed by atoms with Crippen LogP contribution in [0, 0.1) is 22.0 Å². The number of fused-ring (bicyclic) bond motifs is 1. The molecule has 13 nitrogen and oxygen atoms in total. The summed E-state index contributed by atoms with van der Waals surface area (Å²) in [6.07, 6.45) is -1.23. The first-order valence-corrected chi connectivity index (χ1v) is 18.7. The van der Waals surface area contributed by atoms with Crippen molar-refractivity contribution in [1.82, 2.24) is 9.21 Å². The van der Waals surface area contributed by atoms with Crippen LogP contribution in [0.5, 0.6) is 5.75 Å². The molecule has 1 amide bonds. The minimum atomic E-state index is -4.21. The van der Waals surface area contributed by atoms with Crippen LogP contribution in [0.25, 0.3) is 0 Å². The molecule has 274 valence electrons. The fourth-order valence-electron chi connectivity index (χ4n) is 7.03. The van der Waals surface area contributed by atoms with Crippen molar-refractivity contribution in [3.63, 3.8) is 0 Å². The third-order valence-corrected chi connectivity index (χ3v) is 11.3. The van der Waals surface area contributed by atoms with E-state index in [-0.39, 0.29) is 42.1 Å². The number of amides is 1. The van der Waals surface area contributed by atoms with E-state index in [1.54, 1.807) is 18.7 Å². The predicted octanol–water partition coefficient (Wildman–Crippen LogP) is 5.77. The zero-order valence-corrected chi connectivity index (χ0v) is 30.1. The van der Waals surface area contributed by atoms with Crippen LogP contribution in [-0.2, 0) is 42.0 Å². The van der Waals surface area contributed by atoms with Gasteiger partial charge in [-0.15, -0.1) is 0 Å². The van der Waals surface area contributed by atoms with Crippen LogP contribution in [0.15, 0.2) is 83.8 Å². The largest absolute Gasteiger partial charge is 0.489 e. The Morgan fingerprint density at radius 2 is 1.78 bits per heavy atom. The number of carbonyl (C=O) groups excluding carboxylic acids is 1. The molecule has 0 aliphatic carbocycles. The van der Waals surface area contributed by atoms with Crippen LogP contribution in [0.2, 0.25) is 0 Å². The average molecular weight is 724 g/mol. The lowest BCUT2D eigenvalue weighted by Gasteiger charge is -2.34. The van der Waals surface area contributed by atoms with Gasteiger partial charge in [0, 0.05) is 25.2 Å². The Kier molecular flexibility index (Phi) is 11.0. The van der Waals surface area contributed by atoms with Crippen molar-refractivity contribution in [3.05, 3.63) is 100 Å². The first-order chi connectivity index (χ1) is 24.3. The highest BCUT2D eigenvalue weighted by Gasteiger charge is 2.53. The lowest BCUT2D eigenvalue weighted by molar-refractivity contribution is -0.385. The van der Waals surface area contributed by atoms with Gasteiger partial charge in [-0.25, -0.2) is 13.2 Å². The second-order valence-corrected chi connectivity index (χ2v) is 16.0. The Balaban J connectivity index is 1.28. The fourth-order valence-corrected chi connectivity index (χ4v) is 8.69. The molecular weight excluding hydrogens is 678 g/mol. The molecule has 0 spiro atoms. The van der Waals surface area contributed by atoms with Crippen molar-refractivity contribution >= 4 is 21.8 Å². The quantitative estimate of drug-likeness (QED) is 0.157. The van der Waals surface area contributed by atoms with Gasteiger partial charge >= 0.3 is 6.09 Å². The Hall–Kier alpha value is -4.08. The number of non-ortho nitro benzene ring substituents is 1. The van der Waals surface area contributed by atoms with Gasteiger partial charge in [-0.2, -0.15) is 4.31 Å². The molecule has 3 fully saturated rings. The van der Waals surface area contributed by atoms with Crippen molar-refractivity contribution in [2.75, 3.05) is 26.3 Å². The lowest BCUT2D eigenvalue weighted by atomic mass is 9.99. The van der Waals surface area contributed by atoms with Gasteiger partial charge in [0.25, 0.3) is 5.69 Å². The molecule has 51 heavy (non-hydrogen) atoms. The molecule has 2 unspecified atom stereocenters. The summed E-state index contributed by atoms with van der Waals surface area (Å²) in [5, 5.41) is 11.5. The monoisotopic (exact) mass is 723 g/mol. The van der Waals surface area contributed by atoms with Crippen molar-refractivity contribution in [2.45, 2.75) is 82.3 Å². The molecular formula is C37H45N3O10S. The van der Waals surface area contributed by atoms with E-state index in [1.165, 1.54) is 22.5 Å². The smallest absolute Gasteiger partial charge is 0.412 e. The molecule has 0 aromatic heterocycles. The van der Waals surface area contributed by atoms with Gasteiger partial charge in [0.2, 0.25) is 10.0 Å². The number of rotatable bonds is 13. The maximum absolute atomic E-state index is 14.1.